The number of amides is 3. The van der Waals surface area contributed by atoms with Crippen molar-refractivity contribution in [3.8, 4) is 0 Å². The molecule has 2 aliphatic heterocycles. The van der Waals surface area contributed by atoms with E-state index in [-0.39, 0.29) is 36.1 Å². The SMILES string of the molecule is CNC(=O)c1cccc([C@H]2CN(CC(=O)N3CCN(c4ccccc4F)CC3)CCN2C(C)=O)c1. The van der Waals surface area contributed by atoms with Crippen molar-refractivity contribution in [1.29, 1.82) is 0 Å². The van der Waals surface area contributed by atoms with E-state index in [4.69, 9.17) is 0 Å². The molecule has 0 aliphatic carbocycles. The molecule has 0 spiro atoms. The van der Waals surface area contributed by atoms with Gasteiger partial charge in [0, 0.05) is 65.3 Å². The van der Waals surface area contributed by atoms with Gasteiger partial charge in [-0.05, 0) is 29.8 Å². The molecule has 4 rings (SSSR count). The third-order valence-corrected chi connectivity index (χ3v) is 6.81. The van der Waals surface area contributed by atoms with Crippen LogP contribution < -0.4 is 10.2 Å². The number of nitrogens with zero attached hydrogens (tertiary/aromatic N) is 4. The Hall–Kier alpha value is -3.46. The fourth-order valence-electron chi connectivity index (χ4n) is 4.87. The molecule has 0 aromatic heterocycles. The molecule has 2 fully saturated rings. The Labute approximate surface area is 205 Å². The minimum Gasteiger partial charge on any atom is -0.366 e. The first-order chi connectivity index (χ1) is 16.9. The van der Waals surface area contributed by atoms with E-state index in [2.05, 4.69) is 10.2 Å². The number of hydrogen-bond acceptors (Lipinski definition) is 5. The van der Waals surface area contributed by atoms with Gasteiger partial charge in [-0.15, -0.1) is 0 Å². The summed E-state index contributed by atoms with van der Waals surface area (Å²) < 4.78 is 14.1. The maximum absolute atomic E-state index is 14.1. The van der Waals surface area contributed by atoms with Gasteiger partial charge in [-0.3, -0.25) is 19.3 Å². The molecule has 8 nitrogen and oxygen atoms in total. The minimum absolute atomic E-state index is 0.0319. The lowest BCUT2D eigenvalue weighted by Gasteiger charge is -2.42. The van der Waals surface area contributed by atoms with Crippen molar-refractivity contribution in [2.24, 2.45) is 0 Å². The Kier molecular flexibility index (Phi) is 7.65. The van der Waals surface area contributed by atoms with Crippen molar-refractivity contribution in [3.05, 3.63) is 65.5 Å². The molecule has 186 valence electrons. The van der Waals surface area contributed by atoms with Gasteiger partial charge in [0.2, 0.25) is 11.8 Å². The van der Waals surface area contributed by atoms with Gasteiger partial charge in [0.25, 0.3) is 5.91 Å². The largest absolute Gasteiger partial charge is 0.366 e. The van der Waals surface area contributed by atoms with Gasteiger partial charge in [-0.1, -0.05) is 24.3 Å². The van der Waals surface area contributed by atoms with Crippen LogP contribution in [0.3, 0.4) is 0 Å². The summed E-state index contributed by atoms with van der Waals surface area (Å²) in [6.07, 6.45) is 0. The van der Waals surface area contributed by atoms with Gasteiger partial charge >= 0.3 is 0 Å². The Morgan fingerprint density at radius 2 is 1.71 bits per heavy atom. The second kappa shape index (κ2) is 10.9. The van der Waals surface area contributed by atoms with E-state index in [1.54, 1.807) is 37.1 Å². The highest BCUT2D eigenvalue weighted by atomic mass is 19.1. The smallest absolute Gasteiger partial charge is 0.251 e. The lowest BCUT2D eigenvalue weighted by atomic mass is 9.99. The molecule has 2 aromatic rings. The number of hydrogen-bond donors (Lipinski definition) is 1. The highest BCUT2D eigenvalue weighted by Crippen LogP contribution is 2.27. The molecule has 2 aromatic carbocycles. The monoisotopic (exact) mass is 481 g/mol. The molecule has 0 unspecified atom stereocenters. The molecular formula is C26H32FN5O3. The summed E-state index contributed by atoms with van der Waals surface area (Å²) in [4.78, 5) is 45.2. The van der Waals surface area contributed by atoms with E-state index in [1.807, 2.05) is 34.1 Å². The number of benzene rings is 2. The van der Waals surface area contributed by atoms with Gasteiger partial charge in [0.05, 0.1) is 18.3 Å². The molecule has 2 heterocycles. The first kappa shape index (κ1) is 24.7. The van der Waals surface area contributed by atoms with Gasteiger partial charge in [-0.25, -0.2) is 4.39 Å². The quantitative estimate of drug-likeness (QED) is 0.704. The molecule has 0 bridgehead atoms. The Bertz CT molecular complexity index is 1090. The van der Waals surface area contributed by atoms with Crippen LogP contribution in [0.5, 0.6) is 0 Å². The maximum atomic E-state index is 14.1. The number of carbonyl (C=O) groups excluding carboxylic acids is 3. The minimum atomic E-state index is -0.248. The number of halogens is 1. The highest BCUT2D eigenvalue weighted by Gasteiger charge is 2.32. The third-order valence-electron chi connectivity index (χ3n) is 6.81. The molecular weight excluding hydrogens is 449 g/mol. The number of para-hydroxylation sites is 1. The third kappa shape index (κ3) is 5.62. The normalized spacial score (nSPS) is 18.9. The van der Waals surface area contributed by atoms with Crippen LogP contribution in [0.2, 0.25) is 0 Å². The van der Waals surface area contributed by atoms with Crippen LogP contribution >= 0.6 is 0 Å². The lowest BCUT2D eigenvalue weighted by Crippen LogP contribution is -2.55. The number of piperazine rings is 2. The fraction of sp³-hybridized carbons (Fsp3) is 0.423. The van der Waals surface area contributed by atoms with E-state index < -0.39 is 0 Å². The van der Waals surface area contributed by atoms with Crippen molar-refractivity contribution >= 4 is 23.4 Å². The highest BCUT2D eigenvalue weighted by molar-refractivity contribution is 5.94. The zero-order chi connectivity index (χ0) is 24.9. The summed E-state index contributed by atoms with van der Waals surface area (Å²) in [6, 6.07) is 13.8. The van der Waals surface area contributed by atoms with Crippen LogP contribution in [0, 0.1) is 5.82 Å². The number of carbonyl (C=O) groups is 3. The van der Waals surface area contributed by atoms with Crippen LogP contribution in [0.15, 0.2) is 48.5 Å². The van der Waals surface area contributed by atoms with Gasteiger partial charge < -0.3 is 20.0 Å². The Balaban J connectivity index is 1.39. The average Bonchev–Trinajstić information content (AvgIpc) is 2.88. The molecule has 0 radical (unpaired) electrons. The van der Waals surface area contributed by atoms with E-state index in [9.17, 15) is 18.8 Å². The van der Waals surface area contributed by atoms with Crippen LogP contribution in [0.25, 0.3) is 0 Å². The zero-order valence-corrected chi connectivity index (χ0v) is 20.2. The summed E-state index contributed by atoms with van der Waals surface area (Å²) in [5.41, 5.74) is 1.98. The molecule has 1 atom stereocenters. The van der Waals surface area contributed by atoms with Crippen molar-refractivity contribution in [2.45, 2.75) is 13.0 Å². The summed E-state index contributed by atoms with van der Waals surface area (Å²) in [5.74, 6) is -0.427. The molecule has 35 heavy (non-hydrogen) atoms. The van der Waals surface area contributed by atoms with E-state index in [0.29, 0.717) is 57.1 Å². The summed E-state index contributed by atoms with van der Waals surface area (Å²) in [6.45, 7) is 5.68. The Morgan fingerprint density at radius 1 is 0.971 bits per heavy atom. The zero-order valence-electron chi connectivity index (χ0n) is 20.2. The summed E-state index contributed by atoms with van der Waals surface area (Å²) in [7, 11) is 1.58. The first-order valence-electron chi connectivity index (χ1n) is 12.0. The predicted octanol–water partition coefficient (Wildman–Crippen LogP) is 1.74. The number of rotatable bonds is 5. The fourth-order valence-corrected chi connectivity index (χ4v) is 4.87. The second-order valence-electron chi connectivity index (χ2n) is 8.99. The van der Waals surface area contributed by atoms with Crippen molar-refractivity contribution in [2.75, 3.05) is 64.3 Å². The first-order valence-corrected chi connectivity index (χ1v) is 12.0. The van der Waals surface area contributed by atoms with Crippen LogP contribution in [-0.2, 0) is 9.59 Å². The van der Waals surface area contributed by atoms with E-state index in [1.165, 1.54) is 6.07 Å². The lowest BCUT2D eigenvalue weighted by molar-refractivity contribution is -0.136. The molecule has 0 saturated carbocycles. The van der Waals surface area contributed by atoms with Crippen LogP contribution in [0.1, 0.15) is 28.9 Å². The molecule has 9 heteroatoms. The second-order valence-corrected chi connectivity index (χ2v) is 8.99. The van der Waals surface area contributed by atoms with E-state index in [0.717, 1.165) is 5.56 Å². The van der Waals surface area contributed by atoms with Crippen LogP contribution in [-0.4, -0.2) is 91.8 Å². The van der Waals surface area contributed by atoms with Crippen molar-refractivity contribution in [3.63, 3.8) is 0 Å². The molecule has 1 N–H and O–H groups in total. The summed E-state index contributed by atoms with van der Waals surface area (Å²) >= 11 is 0. The van der Waals surface area contributed by atoms with Gasteiger partial charge in [0.1, 0.15) is 5.82 Å². The maximum Gasteiger partial charge on any atom is 0.251 e. The Morgan fingerprint density at radius 3 is 2.40 bits per heavy atom. The summed E-state index contributed by atoms with van der Waals surface area (Å²) in [5, 5.41) is 2.63. The van der Waals surface area contributed by atoms with Crippen LogP contribution in [0.4, 0.5) is 10.1 Å². The average molecular weight is 482 g/mol. The topological polar surface area (TPSA) is 76.2 Å². The number of anilines is 1. The molecule has 3 amide bonds. The van der Waals surface area contributed by atoms with Gasteiger partial charge in [-0.2, -0.15) is 0 Å². The molecule has 2 aliphatic rings. The molecule has 2 saturated heterocycles. The van der Waals surface area contributed by atoms with E-state index >= 15 is 0 Å². The number of nitrogens with one attached hydrogen (secondary N) is 1. The van der Waals surface area contributed by atoms with Gasteiger partial charge in [0.15, 0.2) is 0 Å². The van der Waals surface area contributed by atoms with Crippen molar-refractivity contribution in [1.82, 2.24) is 20.0 Å². The predicted molar refractivity (Wildman–Crippen MR) is 132 cm³/mol. The standard InChI is InChI=1S/C26H32FN5O3/c1-19(33)32-15-10-29(17-24(32)20-6-5-7-21(16-20)26(35)28-2)18-25(34)31-13-11-30(12-14-31)23-9-4-3-8-22(23)27/h3-9,16,24H,10-15,17-18H2,1-2H3,(H,28,35)/t24-/m1/s1. The van der Waals surface area contributed by atoms with Crippen molar-refractivity contribution < 1.29 is 18.8 Å².